The molecule has 18 heavy (non-hydrogen) atoms. The molecule has 0 fully saturated rings. The molecule has 2 aromatic heterocycles. The zero-order valence-corrected chi connectivity index (χ0v) is 11.1. The molecule has 0 spiro atoms. The average Bonchev–Trinajstić information content (AvgIpc) is 2.97. The van der Waals surface area contributed by atoms with Gasteiger partial charge in [0.1, 0.15) is 5.01 Å². The SMILES string of the molecule is Cc1csc(CNCc2ccc3cc[nH]c3c2)n1. The lowest BCUT2D eigenvalue weighted by atomic mass is 10.1. The summed E-state index contributed by atoms with van der Waals surface area (Å²) in [5.74, 6) is 0. The molecule has 0 aliphatic rings. The Labute approximate surface area is 110 Å². The number of nitrogens with one attached hydrogen (secondary N) is 2. The lowest BCUT2D eigenvalue weighted by Gasteiger charge is -2.03. The normalized spacial score (nSPS) is 11.2. The highest BCUT2D eigenvalue weighted by Crippen LogP contribution is 2.14. The quantitative estimate of drug-likeness (QED) is 0.753. The average molecular weight is 257 g/mol. The topological polar surface area (TPSA) is 40.7 Å². The van der Waals surface area contributed by atoms with Crippen molar-refractivity contribution >= 4 is 22.2 Å². The lowest BCUT2D eigenvalue weighted by molar-refractivity contribution is 0.689. The van der Waals surface area contributed by atoms with E-state index >= 15 is 0 Å². The summed E-state index contributed by atoms with van der Waals surface area (Å²) in [7, 11) is 0. The van der Waals surface area contributed by atoms with E-state index in [-0.39, 0.29) is 0 Å². The number of aryl methyl sites for hydroxylation is 1. The van der Waals surface area contributed by atoms with Crippen LogP contribution in [-0.4, -0.2) is 9.97 Å². The minimum Gasteiger partial charge on any atom is -0.361 e. The predicted octanol–water partition coefficient (Wildman–Crippen LogP) is 3.22. The van der Waals surface area contributed by atoms with Crippen LogP contribution in [0.25, 0.3) is 10.9 Å². The number of fused-ring (bicyclic) bond motifs is 1. The van der Waals surface area contributed by atoms with E-state index in [0.29, 0.717) is 0 Å². The van der Waals surface area contributed by atoms with Crippen LogP contribution < -0.4 is 5.32 Å². The molecule has 0 saturated heterocycles. The molecule has 92 valence electrons. The Morgan fingerprint density at radius 3 is 3.06 bits per heavy atom. The Hall–Kier alpha value is -1.65. The number of thiazole rings is 1. The third-order valence-corrected chi connectivity index (χ3v) is 3.86. The Bertz CT molecular complexity index is 654. The second-order valence-electron chi connectivity index (χ2n) is 4.39. The summed E-state index contributed by atoms with van der Waals surface area (Å²) in [5, 5.41) is 7.91. The van der Waals surface area contributed by atoms with Gasteiger partial charge in [-0.2, -0.15) is 0 Å². The first kappa shape index (κ1) is 11.4. The first-order valence-electron chi connectivity index (χ1n) is 5.99. The smallest absolute Gasteiger partial charge is 0.107 e. The molecule has 1 aromatic carbocycles. The Morgan fingerprint density at radius 1 is 1.28 bits per heavy atom. The van der Waals surface area contributed by atoms with Crippen molar-refractivity contribution in [1.82, 2.24) is 15.3 Å². The standard InChI is InChI=1S/C14H15N3S/c1-10-9-18-14(17-10)8-15-7-11-2-3-12-4-5-16-13(12)6-11/h2-6,9,15-16H,7-8H2,1H3. The van der Waals surface area contributed by atoms with Gasteiger partial charge in [-0.15, -0.1) is 11.3 Å². The molecule has 0 amide bonds. The molecule has 0 aliphatic carbocycles. The molecule has 0 unspecified atom stereocenters. The molecular weight excluding hydrogens is 242 g/mol. The zero-order chi connectivity index (χ0) is 12.4. The molecular formula is C14H15N3S. The summed E-state index contributed by atoms with van der Waals surface area (Å²) in [6.07, 6.45) is 1.97. The van der Waals surface area contributed by atoms with Crippen LogP contribution in [-0.2, 0) is 13.1 Å². The fourth-order valence-corrected chi connectivity index (χ4v) is 2.74. The van der Waals surface area contributed by atoms with Crippen molar-refractivity contribution in [3.63, 3.8) is 0 Å². The molecule has 3 nitrogen and oxygen atoms in total. The van der Waals surface area contributed by atoms with Crippen LogP contribution >= 0.6 is 11.3 Å². The van der Waals surface area contributed by atoms with E-state index in [1.54, 1.807) is 11.3 Å². The Morgan fingerprint density at radius 2 is 2.22 bits per heavy atom. The molecule has 0 aliphatic heterocycles. The van der Waals surface area contributed by atoms with Gasteiger partial charge in [0.05, 0.1) is 0 Å². The number of aromatic nitrogens is 2. The number of H-pyrrole nitrogens is 1. The van der Waals surface area contributed by atoms with E-state index in [1.165, 1.54) is 16.5 Å². The summed E-state index contributed by atoms with van der Waals surface area (Å²) < 4.78 is 0. The van der Waals surface area contributed by atoms with Crippen molar-refractivity contribution in [3.05, 3.63) is 52.1 Å². The fraction of sp³-hybridized carbons (Fsp3) is 0.214. The summed E-state index contributed by atoms with van der Waals surface area (Å²) in [6, 6.07) is 8.59. The third-order valence-electron chi connectivity index (χ3n) is 2.89. The molecule has 0 saturated carbocycles. The van der Waals surface area contributed by atoms with E-state index in [9.17, 15) is 0 Å². The van der Waals surface area contributed by atoms with Crippen molar-refractivity contribution in [3.8, 4) is 0 Å². The monoisotopic (exact) mass is 257 g/mol. The molecule has 2 heterocycles. The van der Waals surface area contributed by atoms with E-state index in [1.807, 2.05) is 13.1 Å². The second kappa shape index (κ2) is 4.92. The molecule has 3 rings (SSSR count). The van der Waals surface area contributed by atoms with Crippen molar-refractivity contribution in [1.29, 1.82) is 0 Å². The Kier molecular flexibility index (Phi) is 3.13. The molecule has 3 aromatic rings. The van der Waals surface area contributed by atoms with Crippen LogP contribution in [0.15, 0.2) is 35.8 Å². The number of hydrogen-bond acceptors (Lipinski definition) is 3. The maximum atomic E-state index is 4.43. The molecule has 0 atom stereocenters. The zero-order valence-electron chi connectivity index (χ0n) is 10.2. The highest BCUT2D eigenvalue weighted by atomic mass is 32.1. The summed E-state index contributed by atoms with van der Waals surface area (Å²) in [5.41, 5.74) is 3.59. The highest BCUT2D eigenvalue weighted by molar-refractivity contribution is 7.09. The van der Waals surface area contributed by atoms with E-state index in [0.717, 1.165) is 23.8 Å². The van der Waals surface area contributed by atoms with Crippen molar-refractivity contribution in [2.24, 2.45) is 0 Å². The molecule has 2 N–H and O–H groups in total. The van der Waals surface area contributed by atoms with Crippen LogP contribution in [0.4, 0.5) is 0 Å². The highest BCUT2D eigenvalue weighted by Gasteiger charge is 2.00. The second-order valence-corrected chi connectivity index (χ2v) is 5.33. The van der Waals surface area contributed by atoms with Gasteiger partial charge < -0.3 is 10.3 Å². The van der Waals surface area contributed by atoms with Gasteiger partial charge in [-0.3, -0.25) is 0 Å². The first-order chi connectivity index (χ1) is 8.81. The van der Waals surface area contributed by atoms with Gasteiger partial charge in [0.15, 0.2) is 0 Å². The predicted molar refractivity (Wildman–Crippen MR) is 75.7 cm³/mol. The van der Waals surface area contributed by atoms with Gasteiger partial charge in [-0.1, -0.05) is 12.1 Å². The van der Waals surface area contributed by atoms with Crippen LogP contribution in [0.2, 0.25) is 0 Å². The molecule has 0 radical (unpaired) electrons. The van der Waals surface area contributed by atoms with Gasteiger partial charge in [-0.25, -0.2) is 4.98 Å². The van der Waals surface area contributed by atoms with E-state index < -0.39 is 0 Å². The van der Waals surface area contributed by atoms with Gasteiger partial charge in [0, 0.05) is 35.9 Å². The van der Waals surface area contributed by atoms with Crippen LogP contribution in [0.1, 0.15) is 16.3 Å². The number of rotatable bonds is 4. The number of nitrogens with zero attached hydrogens (tertiary/aromatic N) is 1. The summed E-state index contributed by atoms with van der Waals surface area (Å²) in [4.78, 5) is 7.67. The molecule has 4 heteroatoms. The minimum atomic E-state index is 0.835. The van der Waals surface area contributed by atoms with Crippen molar-refractivity contribution < 1.29 is 0 Å². The Balaban J connectivity index is 1.62. The lowest BCUT2D eigenvalue weighted by Crippen LogP contribution is -2.12. The number of aromatic amines is 1. The third kappa shape index (κ3) is 2.44. The summed E-state index contributed by atoms with van der Waals surface area (Å²) in [6.45, 7) is 3.73. The van der Waals surface area contributed by atoms with Crippen LogP contribution in [0.3, 0.4) is 0 Å². The van der Waals surface area contributed by atoms with E-state index in [4.69, 9.17) is 0 Å². The fourth-order valence-electron chi connectivity index (χ4n) is 2.00. The number of hydrogen-bond donors (Lipinski definition) is 2. The van der Waals surface area contributed by atoms with Gasteiger partial charge in [0.25, 0.3) is 0 Å². The molecule has 0 bridgehead atoms. The maximum Gasteiger partial charge on any atom is 0.107 e. The minimum absolute atomic E-state index is 0.835. The van der Waals surface area contributed by atoms with E-state index in [2.05, 4.69) is 44.9 Å². The van der Waals surface area contributed by atoms with Gasteiger partial charge >= 0.3 is 0 Å². The van der Waals surface area contributed by atoms with Gasteiger partial charge in [-0.05, 0) is 30.0 Å². The van der Waals surface area contributed by atoms with Gasteiger partial charge in [0.2, 0.25) is 0 Å². The first-order valence-corrected chi connectivity index (χ1v) is 6.87. The maximum absolute atomic E-state index is 4.43. The van der Waals surface area contributed by atoms with Crippen LogP contribution in [0, 0.1) is 6.92 Å². The number of benzene rings is 1. The van der Waals surface area contributed by atoms with Crippen molar-refractivity contribution in [2.45, 2.75) is 20.0 Å². The van der Waals surface area contributed by atoms with Crippen LogP contribution in [0.5, 0.6) is 0 Å². The largest absolute Gasteiger partial charge is 0.361 e. The van der Waals surface area contributed by atoms with Crippen molar-refractivity contribution in [2.75, 3.05) is 0 Å². The summed E-state index contributed by atoms with van der Waals surface area (Å²) >= 11 is 1.71.